The normalized spacial score (nSPS) is 13.2. The average Bonchev–Trinajstić information content (AvgIpc) is 2.54. The molecule has 110 valence electrons. The van der Waals surface area contributed by atoms with Crippen molar-refractivity contribution in [3.63, 3.8) is 0 Å². The second-order valence-electron chi connectivity index (χ2n) is 4.69. The van der Waals surface area contributed by atoms with Gasteiger partial charge in [0.1, 0.15) is 12.7 Å². The molecular formula is C16H18N2O3. The van der Waals surface area contributed by atoms with Crippen LogP contribution in [0.4, 0.5) is 4.79 Å². The van der Waals surface area contributed by atoms with Crippen molar-refractivity contribution in [1.29, 1.82) is 0 Å². The zero-order valence-corrected chi connectivity index (χ0v) is 11.8. The molecule has 0 fully saturated rings. The van der Waals surface area contributed by atoms with Gasteiger partial charge in [-0.25, -0.2) is 4.79 Å². The zero-order chi connectivity index (χ0) is 15.1. The average molecular weight is 286 g/mol. The number of ether oxygens (including phenoxy) is 1. The molecule has 2 rings (SSSR count). The van der Waals surface area contributed by atoms with E-state index in [1.807, 2.05) is 30.3 Å². The molecule has 0 radical (unpaired) electrons. The van der Waals surface area contributed by atoms with E-state index in [-0.39, 0.29) is 6.61 Å². The lowest BCUT2D eigenvalue weighted by atomic mass is 10.1. The minimum atomic E-state index is -0.879. The van der Waals surface area contributed by atoms with Gasteiger partial charge >= 0.3 is 6.09 Å². The van der Waals surface area contributed by atoms with Gasteiger partial charge in [0.15, 0.2) is 0 Å². The van der Waals surface area contributed by atoms with Crippen LogP contribution in [-0.2, 0) is 11.3 Å². The molecule has 1 aromatic carbocycles. The fourth-order valence-corrected chi connectivity index (χ4v) is 1.84. The number of hydrogen-bond acceptors (Lipinski definition) is 4. The van der Waals surface area contributed by atoms with Crippen molar-refractivity contribution in [1.82, 2.24) is 10.3 Å². The number of carbonyl (C=O) groups is 1. The summed E-state index contributed by atoms with van der Waals surface area (Å²) in [7, 11) is 0. The van der Waals surface area contributed by atoms with Gasteiger partial charge in [0.2, 0.25) is 0 Å². The SMILES string of the molecule is C[C@H](NC(=O)OCc1ccccc1)[C@H](O)c1ccccn1. The van der Waals surface area contributed by atoms with E-state index in [0.717, 1.165) is 5.56 Å². The van der Waals surface area contributed by atoms with Gasteiger partial charge in [-0.1, -0.05) is 36.4 Å². The third kappa shape index (κ3) is 4.57. The zero-order valence-electron chi connectivity index (χ0n) is 11.8. The van der Waals surface area contributed by atoms with Gasteiger partial charge in [-0.05, 0) is 24.6 Å². The number of benzene rings is 1. The molecule has 1 heterocycles. The van der Waals surface area contributed by atoms with Crippen LogP contribution in [0.1, 0.15) is 24.3 Å². The fourth-order valence-electron chi connectivity index (χ4n) is 1.84. The lowest BCUT2D eigenvalue weighted by molar-refractivity contribution is 0.104. The van der Waals surface area contributed by atoms with Crippen LogP contribution in [0.5, 0.6) is 0 Å². The van der Waals surface area contributed by atoms with Gasteiger partial charge in [0.05, 0.1) is 11.7 Å². The number of amides is 1. The maximum absolute atomic E-state index is 11.7. The Morgan fingerprint density at radius 3 is 2.62 bits per heavy atom. The second-order valence-corrected chi connectivity index (χ2v) is 4.69. The Morgan fingerprint density at radius 2 is 1.95 bits per heavy atom. The lowest BCUT2D eigenvalue weighted by Gasteiger charge is -2.19. The number of hydrogen-bond donors (Lipinski definition) is 2. The Kier molecular flexibility index (Phi) is 5.29. The molecule has 1 aromatic heterocycles. The first-order chi connectivity index (χ1) is 10.2. The van der Waals surface area contributed by atoms with Crippen molar-refractivity contribution < 1.29 is 14.6 Å². The molecule has 0 bridgehead atoms. The third-order valence-electron chi connectivity index (χ3n) is 3.02. The van der Waals surface area contributed by atoms with Crippen LogP contribution in [0.2, 0.25) is 0 Å². The number of nitrogens with one attached hydrogen (secondary N) is 1. The van der Waals surface area contributed by atoms with E-state index in [0.29, 0.717) is 5.69 Å². The Morgan fingerprint density at radius 1 is 1.24 bits per heavy atom. The van der Waals surface area contributed by atoms with E-state index in [2.05, 4.69) is 10.3 Å². The van der Waals surface area contributed by atoms with Gasteiger partial charge in [0.25, 0.3) is 0 Å². The highest BCUT2D eigenvalue weighted by Crippen LogP contribution is 2.13. The fraction of sp³-hybridized carbons (Fsp3) is 0.250. The molecule has 0 spiro atoms. The summed E-state index contributed by atoms with van der Waals surface area (Å²) in [5.74, 6) is 0. The van der Waals surface area contributed by atoms with Crippen molar-refractivity contribution in [3.05, 3.63) is 66.0 Å². The molecule has 5 heteroatoms. The number of aromatic nitrogens is 1. The summed E-state index contributed by atoms with van der Waals surface area (Å²) in [6.45, 7) is 1.89. The molecule has 2 aromatic rings. The van der Waals surface area contributed by atoms with Crippen LogP contribution in [0.3, 0.4) is 0 Å². The predicted molar refractivity (Wildman–Crippen MR) is 78.4 cm³/mol. The minimum Gasteiger partial charge on any atom is -0.445 e. The van der Waals surface area contributed by atoms with Gasteiger partial charge in [-0.15, -0.1) is 0 Å². The van der Waals surface area contributed by atoms with Crippen LogP contribution in [0.15, 0.2) is 54.7 Å². The Bertz CT molecular complexity index is 560. The summed E-state index contributed by atoms with van der Waals surface area (Å²) in [5, 5.41) is 12.7. The first kappa shape index (κ1) is 15.0. The largest absolute Gasteiger partial charge is 0.445 e. The smallest absolute Gasteiger partial charge is 0.407 e. The summed E-state index contributed by atoms with van der Waals surface area (Å²) in [4.78, 5) is 15.8. The highest BCUT2D eigenvalue weighted by Gasteiger charge is 2.19. The molecule has 0 aliphatic carbocycles. The minimum absolute atomic E-state index is 0.194. The second kappa shape index (κ2) is 7.40. The van der Waals surface area contributed by atoms with Gasteiger partial charge in [0, 0.05) is 6.20 Å². The van der Waals surface area contributed by atoms with E-state index in [9.17, 15) is 9.90 Å². The van der Waals surface area contributed by atoms with Crippen LogP contribution >= 0.6 is 0 Å². The van der Waals surface area contributed by atoms with Crippen molar-refractivity contribution in [2.45, 2.75) is 25.7 Å². The molecule has 0 aliphatic heterocycles. The number of carbonyl (C=O) groups excluding carboxylic acids is 1. The monoisotopic (exact) mass is 286 g/mol. The molecule has 0 unspecified atom stereocenters. The predicted octanol–water partition coefficient (Wildman–Crippen LogP) is 2.43. The summed E-state index contributed by atoms with van der Waals surface area (Å²) < 4.78 is 5.10. The first-order valence-corrected chi connectivity index (χ1v) is 6.73. The number of aliphatic hydroxyl groups is 1. The van der Waals surface area contributed by atoms with E-state index in [1.165, 1.54) is 0 Å². The lowest BCUT2D eigenvalue weighted by Crippen LogP contribution is -2.37. The molecule has 0 saturated heterocycles. The van der Waals surface area contributed by atoms with Crippen LogP contribution < -0.4 is 5.32 Å². The topological polar surface area (TPSA) is 71.5 Å². The van der Waals surface area contributed by atoms with Crippen molar-refractivity contribution in [2.24, 2.45) is 0 Å². The van der Waals surface area contributed by atoms with Crippen LogP contribution in [-0.4, -0.2) is 22.2 Å². The Labute approximate surface area is 123 Å². The van der Waals surface area contributed by atoms with Gasteiger partial charge < -0.3 is 15.2 Å². The summed E-state index contributed by atoms with van der Waals surface area (Å²) in [6.07, 6.45) is 0.149. The number of aliphatic hydroxyl groups excluding tert-OH is 1. The molecule has 0 saturated carbocycles. The molecular weight excluding hydrogens is 268 g/mol. The van der Waals surface area contributed by atoms with E-state index in [1.54, 1.807) is 31.3 Å². The Balaban J connectivity index is 1.82. The van der Waals surface area contributed by atoms with Crippen molar-refractivity contribution >= 4 is 6.09 Å². The number of rotatable bonds is 5. The summed E-state index contributed by atoms with van der Waals surface area (Å²) >= 11 is 0. The van der Waals surface area contributed by atoms with Crippen LogP contribution in [0, 0.1) is 0 Å². The third-order valence-corrected chi connectivity index (χ3v) is 3.02. The molecule has 2 N–H and O–H groups in total. The maximum atomic E-state index is 11.7. The molecule has 5 nitrogen and oxygen atoms in total. The standard InChI is InChI=1S/C16H18N2O3/c1-12(15(19)14-9-5-6-10-17-14)18-16(20)21-11-13-7-3-2-4-8-13/h2-10,12,15,19H,11H2,1H3,(H,18,20)/t12-,15-/m0/s1. The summed E-state index contributed by atoms with van der Waals surface area (Å²) in [6, 6.07) is 14.2. The molecule has 21 heavy (non-hydrogen) atoms. The van der Waals surface area contributed by atoms with Crippen molar-refractivity contribution in [2.75, 3.05) is 0 Å². The molecule has 1 amide bonds. The number of nitrogens with zero attached hydrogens (tertiary/aromatic N) is 1. The van der Waals surface area contributed by atoms with Gasteiger partial charge in [-0.3, -0.25) is 4.98 Å². The maximum Gasteiger partial charge on any atom is 0.407 e. The molecule has 2 atom stereocenters. The number of pyridine rings is 1. The van der Waals surface area contributed by atoms with Gasteiger partial charge in [-0.2, -0.15) is 0 Å². The highest BCUT2D eigenvalue weighted by atomic mass is 16.5. The van der Waals surface area contributed by atoms with Crippen LogP contribution in [0.25, 0.3) is 0 Å². The highest BCUT2D eigenvalue weighted by molar-refractivity contribution is 5.67. The first-order valence-electron chi connectivity index (χ1n) is 6.73. The molecule has 0 aliphatic rings. The van der Waals surface area contributed by atoms with E-state index in [4.69, 9.17) is 4.74 Å². The van der Waals surface area contributed by atoms with Crippen molar-refractivity contribution in [3.8, 4) is 0 Å². The summed E-state index contributed by atoms with van der Waals surface area (Å²) in [5.41, 5.74) is 1.42. The van der Waals surface area contributed by atoms with E-state index < -0.39 is 18.2 Å². The van der Waals surface area contributed by atoms with E-state index >= 15 is 0 Å². The Hall–Kier alpha value is -2.40. The quantitative estimate of drug-likeness (QED) is 0.885. The number of alkyl carbamates (subject to hydrolysis) is 1.